The summed E-state index contributed by atoms with van der Waals surface area (Å²) < 4.78 is 11.7. The molecular weight excluding hydrogens is 362 g/mol. The van der Waals surface area contributed by atoms with E-state index in [0.717, 1.165) is 23.3 Å². The third-order valence-electron chi connectivity index (χ3n) is 5.16. The summed E-state index contributed by atoms with van der Waals surface area (Å²) in [6.07, 6.45) is 0.748. The summed E-state index contributed by atoms with van der Waals surface area (Å²) in [5.74, 6) is 0.880. The first-order valence-electron chi connectivity index (χ1n) is 9.98. The lowest BCUT2D eigenvalue weighted by atomic mass is 10.1. The number of rotatable bonds is 7. The quantitative estimate of drug-likeness (QED) is 0.603. The minimum Gasteiger partial charge on any atom is -0.489 e. The SMILES string of the molecule is O=C1CO[C@H](c2ccc(OCc3ccccc3)cc2)CN1CCc1ccccc1. The van der Waals surface area contributed by atoms with Gasteiger partial charge in [-0.25, -0.2) is 0 Å². The highest BCUT2D eigenvalue weighted by molar-refractivity contribution is 5.78. The third kappa shape index (κ3) is 5.24. The lowest BCUT2D eigenvalue weighted by Crippen LogP contribution is -2.44. The van der Waals surface area contributed by atoms with Crippen LogP contribution in [0.3, 0.4) is 0 Å². The highest BCUT2D eigenvalue weighted by Gasteiger charge is 2.27. The zero-order chi connectivity index (χ0) is 19.9. The maximum Gasteiger partial charge on any atom is 0.248 e. The Morgan fingerprint density at radius 2 is 1.52 bits per heavy atom. The van der Waals surface area contributed by atoms with Crippen molar-refractivity contribution in [3.63, 3.8) is 0 Å². The van der Waals surface area contributed by atoms with Crippen molar-refractivity contribution in [2.45, 2.75) is 19.1 Å². The van der Waals surface area contributed by atoms with Gasteiger partial charge in [0.2, 0.25) is 5.91 Å². The second kappa shape index (κ2) is 9.39. The molecule has 1 fully saturated rings. The second-order valence-electron chi connectivity index (χ2n) is 7.22. The Labute approximate surface area is 171 Å². The van der Waals surface area contributed by atoms with Gasteiger partial charge >= 0.3 is 0 Å². The topological polar surface area (TPSA) is 38.8 Å². The molecule has 4 rings (SSSR count). The van der Waals surface area contributed by atoms with E-state index < -0.39 is 0 Å². The van der Waals surface area contributed by atoms with Crippen molar-refractivity contribution in [2.24, 2.45) is 0 Å². The predicted octanol–water partition coefficient (Wildman–Crippen LogP) is 4.41. The molecule has 4 nitrogen and oxygen atoms in total. The summed E-state index contributed by atoms with van der Waals surface area (Å²) in [5.41, 5.74) is 3.44. The fraction of sp³-hybridized carbons (Fsp3) is 0.240. The van der Waals surface area contributed by atoms with Gasteiger partial charge in [-0.1, -0.05) is 72.8 Å². The van der Waals surface area contributed by atoms with Crippen LogP contribution in [0, 0.1) is 0 Å². The molecule has 1 aliphatic heterocycles. The van der Waals surface area contributed by atoms with E-state index in [9.17, 15) is 4.79 Å². The van der Waals surface area contributed by atoms with Crippen LogP contribution in [0.2, 0.25) is 0 Å². The van der Waals surface area contributed by atoms with Crippen LogP contribution in [-0.2, 0) is 22.6 Å². The van der Waals surface area contributed by atoms with Crippen molar-refractivity contribution < 1.29 is 14.3 Å². The van der Waals surface area contributed by atoms with Crippen LogP contribution in [0.15, 0.2) is 84.9 Å². The normalized spacial score (nSPS) is 16.6. The number of amides is 1. The number of nitrogens with zero attached hydrogens (tertiary/aromatic N) is 1. The minimum absolute atomic E-state index is 0.0556. The Hall–Kier alpha value is -3.11. The molecule has 0 unspecified atom stereocenters. The van der Waals surface area contributed by atoms with E-state index in [4.69, 9.17) is 9.47 Å². The molecule has 0 saturated carbocycles. The van der Waals surface area contributed by atoms with Crippen LogP contribution < -0.4 is 4.74 Å². The van der Waals surface area contributed by atoms with E-state index in [0.29, 0.717) is 19.7 Å². The highest BCUT2D eigenvalue weighted by atomic mass is 16.5. The Kier molecular flexibility index (Phi) is 6.22. The lowest BCUT2D eigenvalue weighted by molar-refractivity contribution is -0.149. The Morgan fingerprint density at radius 1 is 0.862 bits per heavy atom. The van der Waals surface area contributed by atoms with E-state index in [1.54, 1.807) is 0 Å². The fourth-order valence-corrected chi connectivity index (χ4v) is 3.46. The van der Waals surface area contributed by atoms with Gasteiger partial charge < -0.3 is 14.4 Å². The predicted molar refractivity (Wildman–Crippen MR) is 113 cm³/mol. The summed E-state index contributed by atoms with van der Waals surface area (Å²) in [4.78, 5) is 14.2. The molecular formula is C25H25NO3. The molecule has 0 aromatic heterocycles. The molecule has 3 aromatic carbocycles. The maximum absolute atomic E-state index is 12.2. The largest absolute Gasteiger partial charge is 0.489 e. The number of carbonyl (C=O) groups is 1. The average molecular weight is 387 g/mol. The summed E-state index contributed by atoms with van der Waals surface area (Å²) in [7, 11) is 0. The number of hydrogen-bond acceptors (Lipinski definition) is 3. The van der Waals surface area contributed by atoms with Gasteiger partial charge in [-0.15, -0.1) is 0 Å². The molecule has 148 valence electrons. The Balaban J connectivity index is 1.33. The fourth-order valence-electron chi connectivity index (χ4n) is 3.46. The van der Waals surface area contributed by atoms with Gasteiger partial charge in [-0.2, -0.15) is 0 Å². The molecule has 0 bridgehead atoms. The van der Waals surface area contributed by atoms with Gasteiger partial charge in [0.25, 0.3) is 0 Å². The number of ether oxygens (including phenoxy) is 2. The van der Waals surface area contributed by atoms with Crippen LogP contribution >= 0.6 is 0 Å². The average Bonchev–Trinajstić information content (AvgIpc) is 2.79. The number of carbonyl (C=O) groups excluding carboxylic acids is 1. The van der Waals surface area contributed by atoms with Crippen molar-refractivity contribution >= 4 is 5.91 Å². The van der Waals surface area contributed by atoms with E-state index in [2.05, 4.69) is 12.1 Å². The summed E-state index contributed by atoms with van der Waals surface area (Å²) in [6, 6.07) is 28.3. The smallest absolute Gasteiger partial charge is 0.248 e. The molecule has 0 N–H and O–H groups in total. The van der Waals surface area contributed by atoms with Gasteiger partial charge in [-0.05, 0) is 35.2 Å². The molecule has 0 radical (unpaired) electrons. The van der Waals surface area contributed by atoms with Crippen molar-refractivity contribution in [3.8, 4) is 5.75 Å². The van der Waals surface area contributed by atoms with E-state index in [-0.39, 0.29) is 18.6 Å². The first-order chi connectivity index (χ1) is 14.3. The van der Waals surface area contributed by atoms with E-state index in [1.807, 2.05) is 77.7 Å². The van der Waals surface area contributed by atoms with Gasteiger partial charge in [0.1, 0.15) is 25.1 Å². The number of hydrogen-bond donors (Lipinski definition) is 0. The van der Waals surface area contributed by atoms with Crippen LogP contribution in [0.25, 0.3) is 0 Å². The molecule has 3 aromatic rings. The molecule has 0 spiro atoms. The minimum atomic E-state index is -0.105. The zero-order valence-corrected chi connectivity index (χ0v) is 16.4. The molecule has 1 heterocycles. The summed E-state index contributed by atoms with van der Waals surface area (Å²) >= 11 is 0. The van der Waals surface area contributed by atoms with Gasteiger partial charge in [0, 0.05) is 6.54 Å². The van der Waals surface area contributed by atoms with Gasteiger partial charge in [-0.3, -0.25) is 4.79 Å². The standard InChI is InChI=1S/C25H25NO3/c27-25-19-29-24(17-26(25)16-15-20-7-3-1-4-8-20)22-11-13-23(14-12-22)28-18-21-9-5-2-6-10-21/h1-14,24H,15-19H2/t24-/m0/s1. The molecule has 1 atom stereocenters. The van der Waals surface area contributed by atoms with Crippen LogP contribution in [0.4, 0.5) is 0 Å². The summed E-state index contributed by atoms with van der Waals surface area (Å²) in [6.45, 7) is 1.96. The zero-order valence-electron chi connectivity index (χ0n) is 16.4. The van der Waals surface area contributed by atoms with Crippen LogP contribution in [0.1, 0.15) is 22.8 Å². The van der Waals surface area contributed by atoms with Crippen LogP contribution in [-0.4, -0.2) is 30.5 Å². The maximum atomic E-state index is 12.2. The summed E-state index contributed by atoms with van der Waals surface area (Å²) in [5, 5.41) is 0. The van der Waals surface area contributed by atoms with Crippen molar-refractivity contribution in [2.75, 3.05) is 19.7 Å². The number of benzene rings is 3. The van der Waals surface area contributed by atoms with Crippen molar-refractivity contribution in [1.82, 2.24) is 4.90 Å². The van der Waals surface area contributed by atoms with E-state index in [1.165, 1.54) is 5.56 Å². The first-order valence-corrected chi connectivity index (χ1v) is 9.98. The lowest BCUT2D eigenvalue weighted by Gasteiger charge is -2.33. The Morgan fingerprint density at radius 3 is 2.21 bits per heavy atom. The number of morpholine rings is 1. The van der Waals surface area contributed by atoms with Gasteiger partial charge in [0.15, 0.2) is 0 Å². The molecule has 1 amide bonds. The second-order valence-corrected chi connectivity index (χ2v) is 7.22. The van der Waals surface area contributed by atoms with Crippen LogP contribution in [0.5, 0.6) is 5.75 Å². The molecule has 4 heteroatoms. The molecule has 1 aliphatic rings. The molecule has 29 heavy (non-hydrogen) atoms. The van der Waals surface area contributed by atoms with Crippen molar-refractivity contribution in [3.05, 3.63) is 102 Å². The third-order valence-corrected chi connectivity index (χ3v) is 5.16. The van der Waals surface area contributed by atoms with Gasteiger partial charge in [0.05, 0.1) is 6.54 Å². The molecule has 0 aliphatic carbocycles. The first kappa shape index (κ1) is 19.2. The van der Waals surface area contributed by atoms with Crippen molar-refractivity contribution in [1.29, 1.82) is 0 Å². The Bertz CT molecular complexity index is 910. The monoisotopic (exact) mass is 387 g/mol. The highest BCUT2D eigenvalue weighted by Crippen LogP contribution is 2.25. The molecule has 1 saturated heterocycles. The van der Waals surface area contributed by atoms with E-state index >= 15 is 0 Å².